The monoisotopic (exact) mass is 696 g/mol. The van der Waals surface area contributed by atoms with E-state index in [0.29, 0.717) is 23.0 Å². The fraction of sp³-hybridized carbons (Fsp3) is 0.300. The van der Waals surface area contributed by atoms with Crippen LogP contribution < -0.4 is 20.7 Å². The smallest absolute Gasteiger partial charge is 0.249 e. The van der Waals surface area contributed by atoms with Gasteiger partial charge in [0.15, 0.2) is 23.4 Å². The molecule has 0 saturated heterocycles. The number of carbonyl (C=O) groups excluding carboxylic acids is 2. The predicted molar refractivity (Wildman–Crippen MR) is 191 cm³/mol. The van der Waals surface area contributed by atoms with E-state index in [1.807, 2.05) is 50.4 Å². The van der Waals surface area contributed by atoms with Crippen molar-refractivity contribution in [2.75, 3.05) is 5.32 Å². The molecule has 12 nitrogen and oxygen atoms in total. The molecule has 262 valence electrons. The minimum atomic E-state index is -1.28. The first-order valence-corrected chi connectivity index (χ1v) is 17.7. The summed E-state index contributed by atoms with van der Waals surface area (Å²) < 4.78 is 20.4. The first-order valence-electron chi connectivity index (χ1n) is 17.7. The van der Waals surface area contributed by atoms with Crippen molar-refractivity contribution in [2.24, 2.45) is 11.8 Å². The Hall–Kier alpha value is -5.88. The molecular weight excluding hydrogens is 660 g/mol. The van der Waals surface area contributed by atoms with Gasteiger partial charge in [-0.2, -0.15) is 0 Å². The van der Waals surface area contributed by atoms with Crippen molar-refractivity contribution in [1.82, 2.24) is 25.6 Å². The zero-order valence-electron chi connectivity index (χ0n) is 28.9. The summed E-state index contributed by atoms with van der Waals surface area (Å²) in [4.78, 5) is 40.6. The molecule has 0 radical (unpaired) electrons. The van der Waals surface area contributed by atoms with Crippen LogP contribution >= 0.6 is 0 Å². The average Bonchev–Trinajstić information content (AvgIpc) is 3.95. The van der Waals surface area contributed by atoms with Crippen molar-refractivity contribution >= 4 is 28.4 Å². The van der Waals surface area contributed by atoms with Gasteiger partial charge in [-0.1, -0.05) is 70.2 Å². The van der Waals surface area contributed by atoms with Gasteiger partial charge in [0.1, 0.15) is 29.4 Å². The van der Waals surface area contributed by atoms with Crippen LogP contribution in [-0.2, 0) is 21.4 Å². The van der Waals surface area contributed by atoms with Gasteiger partial charge >= 0.3 is 0 Å². The number of H-pyrrole nitrogens is 1. The number of hydrogen-bond donors (Lipinski definition) is 5. The van der Waals surface area contributed by atoms with Crippen LogP contribution in [0.4, 0.5) is 5.69 Å². The standard InChI is InChI=1S/C40H36N6O6/c1-17(2)30-38-45-32-34(52-38)40-23-9-5-8-21(20-7-6-10-25-29(20)22(15-41-25)28-16-42-37(32)50-28)31(23)46-39(40)51-27-12-11-19(13-24(27)40)14-26(35(48)44-30)43-36(49)33(47)18(3)4/h5-13,15-18,26,30,33,39,41,46-47H,14H2,1-4H3,(H,43,49)(H,44,48)/t26?,30?,33-,39?,40-/m0/s1. The Morgan fingerprint density at radius 3 is 2.65 bits per heavy atom. The summed E-state index contributed by atoms with van der Waals surface area (Å²) in [5, 5.41) is 21.3. The van der Waals surface area contributed by atoms with Gasteiger partial charge in [0.05, 0.1) is 6.20 Å². The Labute approximate surface area is 298 Å². The van der Waals surface area contributed by atoms with Crippen molar-refractivity contribution in [1.29, 1.82) is 0 Å². The molecule has 0 saturated carbocycles. The average molecular weight is 697 g/mol. The molecule has 4 aliphatic rings. The fourth-order valence-corrected chi connectivity index (χ4v) is 8.42. The van der Waals surface area contributed by atoms with Crippen molar-refractivity contribution < 1.29 is 28.3 Å². The van der Waals surface area contributed by atoms with Crippen LogP contribution in [0.25, 0.3) is 44.9 Å². The van der Waals surface area contributed by atoms with E-state index in [2.05, 4.69) is 45.2 Å². The zero-order valence-corrected chi connectivity index (χ0v) is 28.9. The van der Waals surface area contributed by atoms with Gasteiger partial charge in [0.25, 0.3) is 0 Å². The third-order valence-electron chi connectivity index (χ3n) is 11.0. The summed E-state index contributed by atoms with van der Waals surface area (Å²) in [6.45, 7) is 7.44. The maximum absolute atomic E-state index is 14.1. The van der Waals surface area contributed by atoms with Gasteiger partial charge in [0.2, 0.25) is 23.6 Å². The van der Waals surface area contributed by atoms with Gasteiger partial charge in [-0.3, -0.25) is 9.59 Å². The molecule has 52 heavy (non-hydrogen) atoms. The highest BCUT2D eigenvalue weighted by molar-refractivity contribution is 6.07. The number of aliphatic hydroxyl groups is 1. The van der Waals surface area contributed by atoms with E-state index in [9.17, 15) is 14.7 Å². The van der Waals surface area contributed by atoms with Crippen LogP contribution in [0, 0.1) is 11.8 Å². The minimum absolute atomic E-state index is 0.169. The molecule has 3 unspecified atom stereocenters. The number of hydrogen-bond acceptors (Lipinski definition) is 9. The normalized spacial score (nSPS) is 22.6. The van der Waals surface area contributed by atoms with Crippen molar-refractivity contribution in [3.05, 3.63) is 95.3 Å². The SMILES string of the molecule is CC(C)C1NC(=O)C(NC(=O)[C@@H](O)C(C)C)Cc2ccc3c(c2)[C@]24c5cccc(c5NC2O3)-c2cccc3[nH]cc(c23)-c2cnc(o2)-c2nc1oc24. The number of nitrogens with zero attached hydrogens (tertiary/aromatic N) is 2. The summed E-state index contributed by atoms with van der Waals surface area (Å²) in [7, 11) is 0. The Morgan fingerprint density at radius 2 is 1.83 bits per heavy atom. The Kier molecular flexibility index (Phi) is 6.43. The maximum atomic E-state index is 14.1. The Balaban J connectivity index is 1.28. The van der Waals surface area contributed by atoms with Crippen molar-refractivity contribution in [3.8, 4) is 39.8 Å². The Bertz CT molecular complexity index is 2480. The number of fused-ring (bicyclic) bond motifs is 7. The molecule has 1 spiro atoms. The van der Waals surface area contributed by atoms with Crippen LogP contribution in [0.2, 0.25) is 0 Å². The van der Waals surface area contributed by atoms with E-state index in [1.54, 1.807) is 20.0 Å². The number of anilines is 1. The lowest BCUT2D eigenvalue weighted by molar-refractivity contribution is -0.135. The second kappa shape index (κ2) is 10.8. The number of oxazole rings is 2. The van der Waals surface area contributed by atoms with Gasteiger partial charge in [-0.05, 0) is 35.1 Å². The van der Waals surface area contributed by atoms with E-state index in [-0.39, 0.29) is 30.0 Å². The molecule has 5 N–H and O–H groups in total. The predicted octanol–water partition coefficient (Wildman–Crippen LogP) is 5.81. The van der Waals surface area contributed by atoms with E-state index in [4.69, 9.17) is 23.5 Å². The maximum Gasteiger partial charge on any atom is 0.249 e. The number of nitrogens with one attached hydrogen (secondary N) is 4. The van der Waals surface area contributed by atoms with E-state index in [0.717, 1.165) is 50.0 Å². The van der Waals surface area contributed by atoms with Gasteiger partial charge in [0, 0.05) is 51.5 Å². The summed E-state index contributed by atoms with van der Waals surface area (Å²) in [5.74, 6) is 0.694. The Morgan fingerprint density at radius 1 is 1.00 bits per heavy atom. The first kappa shape index (κ1) is 30.9. The van der Waals surface area contributed by atoms with Gasteiger partial charge in [-0.15, -0.1) is 0 Å². The number of amides is 2. The lowest BCUT2D eigenvalue weighted by atomic mass is 9.72. The molecule has 10 rings (SSSR count). The summed E-state index contributed by atoms with van der Waals surface area (Å²) in [6, 6.07) is 16.6. The number of aromatic amines is 1. The van der Waals surface area contributed by atoms with Crippen LogP contribution in [0.15, 0.2) is 75.8 Å². The van der Waals surface area contributed by atoms with Crippen LogP contribution in [0.5, 0.6) is 5.75 Å². The number of benzene rings is 3. The van der Waals surface area contributed by atoms with Crippen molar-refractivity contribution in [2.45, 2.75) is 63.9 Å². The van der Waals surface area contributed by atoms with E-state index >= 15 is 0 Å². The zero-order chi connectivity index (χ0) is 35.6. The molecular formula is C40H36N6O6. The van der Waals surface area contributed by atoms with Crippen LogP contribution in [0.3, 0.4) is 0 Å². The summed E-state index contributed by atoms with van der Waals surface area (Å²) >= 11 is 0. The number of ether oxygens (including phenoxy) is 1. The van der Waals surface area contributed by atoms with Crippen LogP contribution in [-0.4, -0.2) is 50.2 Å². The molecule has 2 amide bonds. The van der Waals surface area contributed by atoms with Gasteiger partial charge < -0.3 is 39.6 Å². The van der Waals surface area contributed by atoms with Crippen LogP contribution in [0.1, 0.15) is 62.1 Å². The highest BCUT2D eigenvalue weighted by Crippen LogP contribution is 2.61. The number of para-hydroxylation sites is 1. The lowest BCUT2D eigenvalue weighted by Crippen LogP contribution is -2.52. The molecule has 10 bridgehead atoms. The molecule has 0 aliphatic carbocycles. The number of carbonyl (C=O) groups is 2. The van der Waals surface area contributed by atoms with E-state index < -0.39 is 41.6 Å². The molecule has 4 aliphatic heterocycles. The summed E-state index contributed by atoms with van der Waals surface area (Å²) in [6.07, 6.45) is 1.90. The number of rotatable bonds is 4. The van der Waals surface area contributed by atoms with Gasteiger partial charge in [-0.25, -0.2) is 9.97 Å². The molecule has 3 aromatic carbocycles. The third kappa shape index (κ3) is 4.12. The molecule has 7 heterocycles. The number of aliphatic hydroxyl groups excluding tert-OH is 1. The molecule has 6 aromatic rings. The molecule has 0 fully saturated rings. The minimum Gasteiger partial charge on any atom is -0.469 e. The topological polar surface area (TPSA) is 168 Å². The highest BCUT2D eigenvalue weighted by atomic mass is 16.5. The molecule has 12 heteroatoms. The third-order valence-corrected chi connectivity index (χ3v) is 11.0. The highest BCUT2D eigenvalue weighted by Gasteiger charge is 2.61. The van der Waals surface area contributed by atoms with E-state index in [1.165, 1.54) is 0 Å². The largest absolute Gasteiger partial charge is 0.469 e. The molecule has 5 atom stereocenters. The second-order valence-corrected chi connectivity index (χ2v) is 14.9. The fourth-order valence-electron chi connectivity index (χ4n) is 8.42. The quantitative estimate of drug-likeness (QED) is 0.153. The number of aromatic nitrogens is 3. The molecule has 3 aromatic heterocycles. The lowest BCUT2D eigenvalue weighted by Gasteiger charge is -2.29. The first-order chi connectivity index (χ1) is 25.1. The summed E-state index contributed by atoms with van der Waals surface area (Å²) in [5.41, 5.74) is 6.61. The van der Waals surface area contributed by atoms with Crippen molar-refractivity contribution in [3.63, 3.8) is 0 Å². The second-order valence-electron chi connectivity index (χ2n) is 14.9.